The number of benzene rings is 1. The fourth-order valence-corrected chi connectivity index (χ4v) is 2.18. The maximum absolute atomic E-state index is 11.4. The van der Waals surface area contributed by atoms with Crippen LogP contribution < -0.4 is 5.32 Å². The SMILES string of the molecule is COC(=O)c1ccc(SCOCCNC(=O)OC(C)(C)C)cc1. The van der Waals surface area contributed by atoms with Crippen LogP contribution in [0.15, 0.2) is 29.2 Å². The van der Waals surface area contributed by atoms with Crippen LogP contribution in [0.1, 0.15) is 31.1 Å². The molecular weight excluding hydrogens is 318 g/mol. The third-order valence-corrected chi connectivity index (χ3v) is 3.39. The minimum absolute atomic E-state index is 0.356. The molecule has 0 spiro atoms. The van der Waals surface area contributed by atoms with E-state index in [-0.39, 0.29) is 5.97 Å². The summed E-state index contributed by atoms with van der Waals surface area (Å²) in [5.41, 5.74) is 0.0104. The first kappa shape index (κ1) is 19.3. The van der Waals surface area contributed by atoms with Crippen LogP contribution >= 0.6 is 11.8 Å². The van der Waals surface area contributed by atoms with Crippen molar-refractivity contribution in [3.8, 4) is 0 Å². The van der Waals surface area contributed by atoms with Gasteiger partial charge in [-0.05, 0) is 45.0 Å². The van der Waals surface area contributed by atoms with Crippen LogP contribution in [0.4, 0.5) is 4.79 Å². The normalized spacial score (nSPS) is 11.0. The molecule has 1 rings (SSSR count). The quantitative estimate of drug-likeness (QED) is 0.356. The molecule has 0 aromatic heterocycles. The zero-order chi connectivity index (χ0) is 17.3. The van der Waals surface area contributed by atoms with Crippen molar-refractivity contribution in [2.75, 3.05) is 26.2 Å². The molecule has 0 atom stereocenters. The minimum atomic E-state index is -0.503. The zero-order valence-electron chi connectivity index (χ0n) is 13.9. The Hall–Kier alpha value is -1.73. The third kappa shape index (κ3) is 8.47. The highest BCUT2D eigenvalue weighted by Crippen LogP contribution is 2.18. The standard InChI is InChI=1S/C16H23NO5S/c1-16(2,3)22-15(19)17-9-10-21-11-23-13-7-5-12(6-8-13)14(18)20-4/h5-8H,9-11H2,1-4H3,(H,17,19). The molecule has 0 aliphatic rings. The van der Waals surface area contributed by atoms with Crippen molar-refractivity contribution < 1.29 is 23.8 Å². The highest BCUT2D eigenvalue weighted by atomic mass is 32.2. The average molecular weight is 341 g/mol. The van der Waals surface area contributed by atoms with E-state index < -0.39 is 11.7 Å². The lowest BCUT2D eigenvalue weighted by atomic mass is 10.2. The molecule has 128 valence electrons. The van der Waals surface area contributed by atoms with Crippen LogP contribution in [0.2, 0.25) is 0 Å². The smallest absolute Gasteiger partial charge is 0.407 e. The largest absolute Gasteiger partial charge is 0.465 e. The summed E-state index contributed by atoms with van der Waals surface area (Å²) in [4.78, 5) is 23.7. The van der Waals surface area contributed by atoms with E-state index >= 15 is 0 Å². The van der Waals surface area contributed by atoms with Crippen LogP contribution in [0.3, 0.4) is 0 Å². The van der Waals surface area contributed by atoms with Gasteiger partial charge in [-0.1, -0.05) is 11.8 Å². The molecule has 7 heteroatoms. The van der Waals surface area contributed by atoms with Crippen molar-refractivity contribution in [3.05, 3.63) is 29.8 Å². The fraction of sp³-hybridized carbons (Fsp3) is 0.500. The van der Waals surface area contributed by atoms with Crippen LogP contribution in [0.5, 0.6) is 0 Å². The molecule has 1 amide bonds. The molecule has 23 heavy (non-hydrogen) atoms. The monoisotopic (exact) mass is 341 g/mol. The lowest BCUT2D eigenvalue weighted by molar-refractivity contribution is 0.0508. The number of hydrogen-bond donors (Lipinski definition) is 1. The van der Waals surface area contributed by atoms with Crippen molar-refractivity contribution in [3.63, 3.8) is 0 Å². The van der Waals surface area contributed by atoms with E-state index in [0.717, 1.165) is 4.90 Å². The number of hydrogen-bond acceptors (Lipinski definition) is 6. The highest BCUT2D eigenvalue weighted by Gasteiger charge is 2.15. The Bertz CT molecular complexity index is 510. The predicted octanol–water partition coefficient (Wildman–Crippen LogP) is 3.06. The maximum atomic E-state index is 11.4. The number of thioether (sulfide) groups is 1. The topological polar surface area (TPSA) is 73.9 Å². The van der Waals surface area contributed by atoms with Gasteiger partial charge in [0, 0.05) is 11.4 Å². The number of carbonyl (C=O) groups excluding carboxylic acids is 2. The van der Waals surface area contributed by atoms with Crippen molar-refractivity contribution in [1.82, 2.24) is 5.32 Å². The number of nitrogens with one attached hydrogen (secondary N) is 1. The lowest BCUT2D eigenvalue weighted by Gasteiger charge is -2.19. The molecule has 0 saturated carbocycles. The minimum Gasteiger partial charge on any atom is -0.465 e. The number of alkyl carbamates (subject to hydrolysis) is 1. The maximum Gasteiger partial charge on any atom is 0.407 e. The van der Waals surface area contributed by atoms with E-state index in [1.807, 2.05) is 32.9 Å². The molecule has 0 bridgehead atoms. The second kappa shape index (κ2) is 9.42. The molecule has 0 aliphatic heterocycles. The molecular formula is C16H23NO5S. The molecule has 1 aromatic carbocycles. The van der Waals surface area contributed by atoms with Gasteiger partial charge in [0.25, 0.3) is 0 Å². The molecule has 0 saturated heterocycles. The van der Waals surface area contributed by atoms with Gasteiger partial charge in [0.1, 0.15) is 5.60 Å². The van der Waals surface area contributed by atoms with Crippen molar-refractivity contribution in [2.45, 2.75) is 31.3 Å². The fourth-order valence-electron chi connectivity index (χ4n) is 1.51. The molecule has 6 nitrogen and oxygen atoms in total. The van der Waals surface area contributed by atoms with E-state index in [9.17, 15) is 9.59 Å². The number of ether oxygens (including phenoxy) is 3. The zero-order valence-corrected chi connectivity index (χ0v) is 14.7. The van der Waals surface area contributed by atoms with Crippen LogP contribution in [-0.4, -0.2) is 43.9 Å². The van der Waals surface area contributed by atoms with E-state index in [2.05, 4.69) is 10.1 Å². The number of rotatable bonds is 7. The molecule has 0 fully saturated rings. The van der Waals surface area contributed by atoms with Gasteiger partial charge < -0.3 is 19.5 Å². The Morgan fingerprint density at radius 2 is 1.83 bits per heavy atom. The molecule has 0 aliphatic carbocycles. The third-order valence-electron chi connectivity index (χ3n) is 2.50. The first-order chi connectivity index (χ1) is 10.8. The molecule has 1 N–H and O–H groups in total. The summed E-state index contributed by atoms with van der Waals surface area (Å²) in [7, 11) is 1.35. The van der Waals surface area contributed by atoms with Crippen LogP contribution in [-0.2, 0) is 14.2 Å². The summed E-state index contributed by atoms with van der Waals surface area (Å²) in [6.45, 7) is 6.21. The van der Waals surface area contributed by atoms with Crippen LogP contribution in [0, 0.1) is 0 Å². The van der Waals surface area contributed by atoms with Gasteiger partial charge in [-0.3, -0.25) is 0 Å². The predicted molar refractivity (Wildman–Crippen MR) is 88.7 cm³/mol. The van der Waals surface area contributed by atoms with Gasteiger partial charge in [0.2, 0.25) is 0 Å². The van der Waals surface area contributed by atoms with Gasteiger partial charge in [-0.15, -0.1) is 0 Å². The van der Waals surface area contributed by atoms with Gasteiger partial charge >= 0.3 is 12.1 Å². The second-order valence-electron chi connectivity index (χ2n) is 5.62. The van der Waals surface area contributed by atoms with Crippen molar-refractivity contribution in [2.24, 2.45) is 0 Å². The number of amides is 1. The number of carbonyl (C=O) groups is 2. The van der Waals surface area contributed by atoms with Gasteiger partial charge in [0.15, 0.2) is 0 Å². The highest BCUT2D eigenvalue weighted by molar-refractivity contribution is 7.99. The van der Waals surface area contributed by atoms with Crippen LogP contribution in [0.25, 0.3) is 0 Å². The second-order valence-corrected chi connectivity index (χ2v) is 6.61. The molecule has 0 unspecified atom stereocenters. The average Bonchev–Trinajstić information content (AvgIpc) is 2.48. The first-order valence-corrected chi connectivity index (χ1v) is 8.16. The Morgan fingerprint density at radius 1 is 1.17 bits per heavy atom. The molecule has 1 aromatic rings. The van der Waals surface area contributed by atoms with E-state index in [0.29, 0.717) is 24.7 Å². The molecule has 0 heterocycles. The van der Waals surface area contributed by atoms with Gasteiger partial charge in [0.05, 0.1) is 25.2 Å². The first-order valence-electron chi connectivity index (χ1n) is 7.17. The summed E-state index contributed by atoms with van der Waals surface area (Å²) >= 11 is 1.50. The molecule has 0 radical (unpaired) electrons. The van der Waals surface area contributed by atoms with E-state index in [1.165, 1.54) is 18.9 Å². The lowest BCUT2D eigenvalue weighted by Crippen LogP contribution is -2.34. The summed E-state index contributed by atoms with van der Waals surface area (Å²) in [6.07, 6.45) is -0.452. The summed E-state index contributed by atoms with van der Waals surface area (Å²) in [5, 5.41) is 2.62. The summed E-state index contributed by atoms with van der Waals surface area (Å²) in [6, 6.07) is 7.08. The van der Waals surface area contributed by atoms with Crippen molar-refractivity contribution >= 4 is 23.8 Å². The number of methoxy groups -OCH3 is 1. The van der Waals surface area contributed by atoms with Gasteiger partial charge in [-0.2, -0.15) is 0 Å². The Labute approximate surface area is 140 Å². The number of esters is 1. The summed E-state index contributed by atoms with van der Waals surface area (Å²) < 4.78 is 15.2. The van der Waals surface area contributed by atoms with E-state index in [4.69, 9.17) is 9.47 Å². The Morgan fingerprint density at radius 3 is 2.39 bits per heavy atom. The summed E-state index contributed by atoms with van der Waals surface area (Å²) in [5.74, 6) is 0.0964. The Balaban J connectivity index is 2.16. The van der Waals surface area contributed by atoms with E-state index in [1.54, 1.807) is 12.1 Å². The van der Waals surface area contributed by atoms with Gasteiger partial charge in [-0.25, -0.2) is 9.59 Å². The van der Waals surface area contributed by atoms with Crippen molar-refractivity contribution in [1.29, 1.82) is 0 Å². The Kier molecular flexibility index (Phi) is 7.91.